The normalized spacial score (nSPS) is 19.3. The third-order valence-corrected chi connectivity index (χ3v) is 8.81. The zero-order valence-electron chi connectivity index (χ0n) is 24.6. The number of carbonyl (C=O) groups is 2. The van der Waals surface area contributed by atoms with Crippen LogP contribution in [0, 0.1) is 6.92 Å². The number of amides is 3. The van der Waals surface area contributed by atoms with Gasteiger partial charge < -0.3 is 20.1 Å². The number of nitrogens with one attached hydrogen (secondary N) is 2. The summed E-state index contributed by atoms with van der Waals surface area (Å²) in [7, 11) is 2.95. The second kappa shape index (κ2) is 14.2. The van der Waals surface area contributed by atoms with E-state index in [4.69, 9.17) is 37.7 Å². The van der Waals surface area contributed by atoms with E-state index in [1.807, 2.05) is 19.2 Å². The number of thiazole rings is 1. The molecule has 2 aliphatic rings. The summed E-state index contributed by atoms with van der Waals surface area (Å²) < 4.78 is 10.9. The summed E-state index contributed by atoms with van der Waals surface area (Å²) in [4.78, 5) is 42.8. The minimum Gasteiger partial charge on any atom is -0.495 e. The molecule has 1 aliphatic carbocycles. The largest absolute Gasteiger partial charge is 0.495 e. The Hall–Kier alpha value is -3.61. The molecule has 11 nitrogen and oxygen atoms in total. The Balaban J connectivity index is 1.76. The van der Waals surface area contributed by atoms with Crippen LogP contribution in [-0.2, 0) is 11.3 Å². The predicted octanol–water partition coefficient (Wildman–Crippen LogP) is 5.71. The summed E-state index contributed by atoms with van der Waals surface area (Å²) in [5.74, 6) is 1.01. The second-order valence-electron chi connectivity index (χ2n) is 10.1. The fourth-order valence-corrected chi connectivity index (χ4v) is 6.47. The Morgan fingerprint density at radius 1 is 1.16 bits per heavy atom. The lowest BCUT2D eigenvalue weighted by molar-refractivity contribution is -0.117. The molecule has 2 atom stereocenters. The van der Waals surface area contributed by atoms with Crippen molar-refractivity contribution in [2.45, 2.75) is 58.2 Å². The van der Waals surface area contributed by atoms with E-state index in [2.05, 4.69) is 33.9 Å². The molecule has 1 aromatic carbocycles. The maximum Gasteiger partial charge on any atom is 0.330 e. The first kappa shape index (κ1) is 32.3. The van der Waals surface area contributed by atoms with E-state index < -0.39 is 6.03 Å². The van der Waals surface area contributed by atoms with Gasteiger partial charge in [-0.05, 0) is 45.1 Å². The fraction of sp³-hybridized carbons (Fsp3) is 0.414. The number of hydrogen-bond donors (Lipinski definition) is 2. The number of benzene rings is 1. The van der Waals surface area contributed by atoms with Crippen LogP contribution < -0.4 is 25.0 Å². The molecular weight excluding hydrogens is 613 g/mol. The second-order valence-corrected chi connectivity index (χ2v) is 11.9. The van der Waals surface area contributed by atoms with Crippen molar-refractivity contribution in [3.8, 4) is 11.5 Å². The van der Waals surface area contributed by atoms with Crippen LogP contribution in [0.15, 0.2) is 45.5 Å². The standard InChI is InChI=1S/C29H35Cl2N7O4S/c1-7-23(39)34-19-10-8-9-11-20(19)35-28(32-4)36-27-16(2)13-37(29(40)38(27)14-18-15-43-17(3)33-18)26-24(30)21(41-5)12-22(42-6)25(26)31/h7,12,15,19-20H,1,4,8-11,13-14H2,2-3,5-6H3,(H,34,39)(H,35,36). The van der Waals surface area contributed by atoms with Gasteiger partial charge in [0.1, 0.15) is 27.4 Å². The third kappa shape index (κ3) is 7.14. The molecule has 2 aromatic rings. The first-order valence-corrected chi connectivity index (χ1v) is 15.3. The zero-order chi connectivity index (χ0) is 31.3. The number of nitrogens with zero attached hydrogens (tertiary/aromatic N) is 5. The van der Waals surface area contributed by atoms with Crippen LogP contribution >= 0.6 is 34.5 Å². The van der Waals surface area contributed by atoms with E-state index >= 15 is 0 Å². The van der Waals surface area contributed by atoms with E-state index in [1.54, 1.807) is 6.07 Å². The van der Waals surface area contributed by atoms with E-state index in [0.717, 1.165) is 36.3 Å². The Bertz CT molecular complexity index is 1450. The molecule has 1 saturated carbocycles. The first-order valence-electron chi connectivity index (χ1n) is 13.7. The molecule has 43 heavy (non-hydrogen) atoms. The Morgan fingerprint density at radius 3 is 2.33 bits per heavy atom. The van der Waals surface area contributed by atoms with Gasteiger partial charge in [-0.1, -0.05) is 42.6 Å². The lowest BCUT2D eigenvalue weighted by Crippen LogP contribution is -2.53. The molecule has 230 valence electrons. The van der Waals surface area contributed by atoms with Crippen LogP contribution in [0.2, 0.25) is 10.0 Å². The highest BCUT2D eigenvalue weighted by atomic mass is 35.5. The average Bonchev–Trinajstić information content (AvgIpc) is 3.41. The molecule has 0 saturated heterocycles. The molecule has 2 N–H and O–H groups in total. The van der Waals surface area contributed by atoms with Gasteiger partial charge in [0, 0.05) is 23.5 Å². The van der Waals surface area contributed by atoms with Crippen LogP contribution in [0.5, 0.6) is 11.5 Å². The van der Waals surface area contributed by atoms with Gasteiger partial charge in [0.2, 0.25) is 11.9 Å². The Labute approximate surface area is 265 Å². The molecule has 1 aromatic heterocycles. The van der Waals surface area contributed by atoms with Crippen LogP contribution in [0.25, 0.3) is 0 Å². The third-order valence-electron chi connectivity index (χ3n) is 7.26. The molecule has 14 heteroatoms. The summed E-state index contributed by atoms with van der Waals surface area (Å²) >= 11 is 14.9. The smallest absolute Gasteiger partial charge is 0.330 e. The van der Waals surface area contributed by atoms with Crippen LogP contribution in [-0.4, -0.2) is 67.3 Å². The first-order chi connectivity index (χ1) is 20.6. The molecular formula is C29H35Cl2N7O4S. The molecule has 0 spiro atoms. The fourth-order valence-electron chi connectivity index (χ4n) is 5.17. The topological polar surface area (TPSA) is 121 Å². The molecule has 4 rings (SSSR count). The van der Waals surface area contributed by atoms with Gasteiger partial charge in [-0.3, -0.25) is 14.6 Å². The summed E-state index contributed by atoms with van der Waals surface area (Å²) in [6, 6.07) is 0.883. The average molecular weight is 649 g/mol. The maximum atomic E-state index is 14.3. The molecule has 1 aliphatic heterocycles. The quantitative estimate of drug-likeness (QED) is 0.204. The summed E-state index contributed by atoms with van der Waals surface area (Å²) in [5, 5.41) is 9.44. The van der Waals surface area contributed by atoms with Crippen LogP contribution in [0.4, 0.5) is 10.5 Å². The molecule has 2 unspecified atom stereocenters. The number of anilines is 1. The minimum absolute atomic E-state index is 0.130. The van der Waals surface area contributed by atoms with E-state index in [9.17, 15) is 9.59 Å². The predicted molar refractivity (Wildman–Crippen MR) is 172 cm³/mol. The van der Waals surface area contributed by atoms with Crippen molar-refractivity contribution in [2.24, 2.45) is 9.98 Å². The molecule has 0 bridgehead atoms. The van der Waals surface area contributed by atoms with Gasteiger partial charge in [-0.15, -0.1) is 11.3 Å². The SMILES string of the molecule is C=CC(=O)NC1CCCCC1N/C(N=C)=N/C1=C(C)CN(c2c(Cl)c(OC)cc(OC)c2Cl)C(=O)N1Cc1csc(C)n1. The summed E-state index contributed by atoms with van der Waals surface area (Å²) in [6.07, 6.45) is 4.84. The number of aliphatic imine (C=N–C) groups is 2. The number of aromatic nitrogens is 1. The number of hydrogen-bond acceptors (Lipinski definition) is 7. The monoisotopic (exact) mass is 647 g/mol. The van der Waals surface area contributed by atoms with Crippen molar-refractivity contribution >= 4 is 64.8 Å². The van der Waals surface area contributed by atoms with Crippen molar-refractivity contribution in [1.29, 1.82) is 0 Å². The van der Waals surface area contributed by atoms with Crippen molar-refractivity contribution in [1.82, 2.24) is 20.5 Å². The van der Waals surface area contributed by atoms with Crippen molar-refractivity contribution in [3.05, 3.63) is 56.2 Å². The van der Waals surface area contributed by atoms with Crippen molar-refractivity contribution in [2.75, 3.05) is 25.7 Å². The van der Waals surface area contributed by atoms with Crippen LogP contribution in [0.3, 0.4) is 0 Å². The van der Waals surface area contributed by atoms with Crippen molar-refractivity contribution < 1.29 is 19.1 Å². The molecule has 1 fully saturated rings. The molecule has 2 heterocycles. The van der Waals surface area contributed by atoms with Gasteiger partial charge >= 0.3 is 6.03 Å². The van der Waals surface area contributed by atoms with Gasteiger partial charge in [0.05, 0.1) is 43.7 Å². The number of methoxy groups -OCH3 is 2. The number of guanidine groups is 1. The number of ether oxygens (including phenoxy) is 2. The van der Waals surface area contributed by atoms with Crippen LogP contribution in [0.1, 0.15) is 43.3 Å². The molecule has 0 radical (unpaired) electrons. The number of urea groups is 1. The van der Waals surface area contributed by atoms with Gasteiger partial charge in [-0.25, -0.2) is 14.8 Å². The van der Waals surface area contributed by atoms with E-state index in [1.165, 1.54) is 41.4 Å². The maximum absolute atomic E-state index is 14.3. The zero-order valence-corrected chi connectivity index (χ0v) is 26.9. The highest BCUT2D eigenvalue weighted by molar-refractivity contribution is 7.09. The Morgan fingerprint density at radius 2 is 1.79 bits per heavy atom. The lowest BCUT2D eigenvalue weighted by Gasteiger charge is -2.37. The van der Waals surface area contributed by atoms with Gasteiger partial charge in [0.25, 0.3) is 0 Å². The highest BCUT2D eigenvalue weighted by Gasteiger charge is 2.37. The summed E-state index contributed by atoms with van der Waals surface area (Å²) in [6.45, 7) is 11.3. The number of aryl methyl sites for hydroxylation is 1. The van der Waals surface area contributed by atoms with Gasteiger partial charge in [-0.2, -0.15) is 4.99 Å². The summed E-state index contributed by atoms with van der Waals surface area (Å²) in [5.41, 5.74) is 1.69. The minimum atomic E-state index is -0.425. The number of halogens is 2. The molecule has 3 amide bonds. The number of rotatable bonds is 9. The highest BCUT2D eigenvalue weighted by Crippen LogP contribution is 2.47. The van der Waals surface area contributed by atoms with Gasteiger partial charge in [0.15, 0.2) is 0 Å². The lowest BCUT2D eigenvalue weighted by atomic mass is 9.90. The van der Waals surface area contributed by atoms with Crippen molar-refractivity contribution in [3.63, 3.8) is 0 Å². The van der Waals surface area contributed by atoms with E-state index in [-0.39, 0.29) is 52.8 Å². The van der Waals surface area contributed by atoms with E-state index in [0.29, 0.717) is 23.0 Å². The number of carbonyl (C=O) groups excluding carboxylic acids is 2. The Kier molecular flexibility index (Phi) is 10.7.